The fourth-order valence-electron chi connectivity index (χ4n) is 4.45. The lowest BCUT2D eigenvalue weighted by atomic mass is 10.0. The van der Waals surface area contributed by atoms with Crippen LogP contribution < -0.4 is 16.4 Å². The third-order valence-electron chi connectivity index (χ3n) is 6.54. The number of carbonyl (C=O) groups is 3. The van der Waals surface area contributed by atoms with Crippen LogP contribution in [0.5, 0.6) is 0 Å². The van der Waals surface area contributed by atoms with Gasteiger partial charge in [0.1, 0.15) is 30.1 Å². The van der Waals surface area contributed by atoms with Crippen LogP contribution in [0, 0.1) is 17.2 Å². The quantitative estimate of drug-likeness (QED) is 0.128. The van der Waals surface area contributed by atoms with E-state index in [2.05, 4.69) is 37.4 Å². The Bertz CT molecular complexity index is 1490. The number of nitrogens with zero attached hydrogens (tertiary/aromatic N) is 6. The topological polar surface area (TPSA) is 181 Å². The van der Waals surface area contributed by atoms with Gasteiger partial charge in [-0.05, 0) is 68.8 Å². The Labute approximate surface area is 255 Å². The van der Waals surface area contributed by atoms with Crippen molar-refractivity contribution in [3.63, 3.8) is 0 Å². The molecule has 4 rings (SSSR count). The number of rotatable bonds is 11. The zero-order chi connectivity index (χ0) is 31.6. The predicted octanol–water partition coefficient (Wildman–Crippen LogP) is 3.71. The van der Waals surface area contributed by atoms with Crippen LogP contribution in [0.2, 0.25) is 5.15 Å². The molecule has 0 spiro atoms. The molecule has 1 saturated carbocycles. The molecule has 1 aromatic carbocycles. The number of hydrogen-bond donors (Lipinski definition) is 3. The smallest absolute Gasteiger partial charge is 0.269 e. The number of carbonyl (C=O) groups excluding carboxylic acids is 3. The zero-order valence-corrected chi connectivity index (χ0v) is 25.0. The molecular weight excluding hydrogens is 570 g/mol. The Balaban J connectivity index is 0.000000276. The number of aldehydes is 2. The Kier molecular flexibility index (Phi) is 15.0. The average Bonchev–Trinajstić information content (AvgIpc) is 3.62. The van der Waals surface area contributed by atoms with Gasteiger partial charge >= 0.3 is 0 Å². The van der Waals surface area contributed by atoms with Crippen molar-refractivity contribution < 1.29 is 14.4 Å². The normalized spacial score (nSPS) is 15.9. The van der Waals surface area contributed by atoms with Gasteiger partial charge in [0.15, 0.2) is 5.69 Å². The van der Waals surface area contributed by atoms with Gasteiger partial charge in [-0.3, -0.25) is 19.5 Å². The first-order chi connectivity index (χ1) is 20.8. The highest BCUT2D eigenvalue weighted by molar-refractivity contribution is 6.29. The van der Waals surface area contributed by atoms with E-state index < -0.39 is 5.91 Å². The molecule has 0 bridgehead atoms. The third kappa shape index (κ3) is 10.9. The van der Waals surface area contributed by atoms with E-state index in [1.54, 1.807) is 31.3 Å². The minimum Gasteiger partial charge on any atom is -0.373 e. The van der Waals surface area contributed by atoms with E-state index in [0.717, 1.165) is 18.5 Å². The van der Waals surface area contributed by atoms with Gasteiger partial charge < -0.3 is 26.0 Å². The van der Waals surface area contributed by atoms with Gasteiger partial charge in [0, 0.05) is 42.9 Å². The number of pyridine rings is 1. The number of nitriles is 1. The molecular formula is C30H36ClN9O3. The second-order valence-corrected chi connectivity index (χ2v) is 9.74. The molecule has 12 nitrogen and oxygen atoms in total. The van der Waals surface area contributed by atoms with E-state index in [0.29, 0.717) is 45.4 Å². The number of allylic oxidation sites excluding steroid dienone is 1. The van der Waals surface area contributed by atoms with Crippen LogP contribution in [0.3, 0.4) is 0 Å². The molecule has 2 atom stereocenters. The molecule has 13 heteroatoms. The number of hydrogen-bond acceptors (Lipinski definition) is 10. The monoisotopic (exact) mass is 605 g/mol. The van der Waals surface area contributed by atoms with Crippen LogP contribution in [0.1, 0.15) is 41.7 Å². The molecule has 0 radical (unpaired) electrons. The van der Waals surface area contributed by atoms with E-state index in [1.165, 1.54) is 36.4 Å². The number of benzene rings is 1. The number of nitrogens with two attached hydrogens (primary N) is 1. The van der Waals surface area contributed by atoms with Crippen molar-refractivity contribution in [2.45, 2.75) is 38.3 Å². The van der Waals surface area contributed by atoms with E-state index in [9.17, 15) is 14.4 Å². The Morgan fingerprint density at radius 1 is 1.26 bits per heavy atom. The van der Waals surface area contributed by atoms with E-state index in [4.69, 9.17) is 22.6 Å². The Morgan fingerprint density at radius 2 is 2.05 bits per heavy atom. The fraction of sp³-hybridized carbons (Fsp3) is 0.333. The maximum absolute atomic E-state index is 11.6. The molecule has 1 fully saturated rings. The van der Waals surface area contributed by atoms with Crippen LogP contribution in [-0.2, 0) is 16.1 Å². The number of amides is 1. The minimum absolute atomic E-state index is 0.0144. The highest BCUT2D eigenvalue weighted by atomic mass is 35.5. The van der Waals surface area contributed by atoms with E-state index in [1.807, 2.05) is 25.2 Å². The van der Waals surface area contributed by atoms with Crippen molar-refractivity contribution in [2.75, 3.05) is 26.0 Å². The van der Waals surface area contributed by atoms with Gasteiger partial charge in [-0.25, -0.2) is 4.98 Å². The number of aliphatic imine (C=N–C) groups is 2. The molecule has 2 aromatic heterocycles. The van der Waals surface area contributed by atoms with Gasteiger partial charge in [0.2, 0.25) is 0 Å². The molecule has 2 heterocycles. The first-order valence-corrected chi connectivity index (χ1v) is 13.9. The second-order valence-electron chi connectivity index (χ2n) is 9.35. The Hall–Kier alpha value is -4.73. The van der Waals surface area contributed by atoms with Crippen molar-refractivity contribution in [1.29, 1.82) is 5.26 Å². The molecule has 0 aliphatic heterocycles. The summed E-state index contributed by atoms with van der Waals surface area (Å²) in [5, 5.41) is 19.8. The van der Waals surface area contributed by atoms with Gasteiger partial charge in [0.25, 0.3) is 5.91 Å². The summed E-state index contributed by atoms with van der Waals surface area (Å²) in [7, 11) is 3.80. The van der Waals surface area contributed by atoms with Crippen LogP contribution in [0.15, 0.2) is 52.6 Å². The van der Waals surface area contributed by atoms with Crippen molar-refractivity contribution in [3.05, 3.63) is 59.0 Å². The largest absolute Gasteiger partial charge is 0.373 e. The first-order valence-electron chi connectivity index (χ1n) is 13.5. The second kappa shape index (κ2) is 18.7. The molecule has 226 valence electrons. The first kappa shape index (κ1) is 34.5. The molecule has 4 N–H and O–H groups in total. The standard InChI is InChI=1S/C16H14N6O2.C8H15NO.C6H7ClN2/c1-19-9-12(10-20-5-4-17)11-2-3-14-13(8-11)15(16(18)24)21-22(14)6-7-23;1-9-8-3-2-7(6-8)4-5-10;1-8-6-4-2-3-5(7)9-6/h2-3,7-10H,1,5-6H2,(H2,18,24);5,7-9H,2-4,6H2,1H3;2-4H,1H3,(H,8,9)/b12-9+,20-10?;;. The van der Waals surface area contributed by atoms with Crippen LogP contribution >= 0.6 is 11.6 Å². The van der Waals surface area contributed by atoms with Crippen molar-refractivity contribution >= 4 is 65.3 Å². The van der Waals surface area contributed by atoms with Gasteiger partial charge in [-0.1, -0.05) is 23.7 Å². The number of nitrogens with one attached hydrogen (secondary N) is 2. The molecule has 1 aliphatic rings. The molecule has 3 aromatic rings. The van der Waals surface area contributed by atoms with E-state index >= 15 is 0 Å². The van der Waals surface area contributed by atoms with Crippen LogP contribution in [-0.4, -0.2) is 72.9 Å². The summed E-state index contributed by atoms with van der Waals surface area (Å²) in [6.45, 7) is 3.44. The van der Waals surface area contributed by atoms with Gasteiger partial charge in [-0.15, -0.1) is 0 Å². The summed E-state index contributed by atoms with van der Waals surface area (Å²) in [6, 6.07) is 13.2. The summed E-state index contributed by atoms with van der Waals surface area (Å²) in [6.07, 6.45) is 9.14. The molecule has 0 saturated heterocycles. The summed E-state index contributed by atoms with van der Waals surface area (Å²) in [5.41, 5.74) is 7.36. The molecule has 43 heavy (non-hydrogen) atoms. The lowest BCUT2D eigenvalue weighted by Gasteiger charge is -2.06. The summed E-state index contributed by atoms with van der Waals surface area (Å²) in [4.78, 5) is 44.1. The summed E-state index contributed by atoms with van der Waals surface area (Å²) in [5.74, 6) is 0.768. The van der Waals surface area contributed by atoms with Gasteiger partial charge in [0.05, 0.1) is 18.1 Å². The number of aromatic nitrogens is 3. The Morgan fingerprint density at radius 3 is 2.60 bits per heavy atom. The average molecular weight is 606 g/mol. The molecule has 2 unspecified atom stereocenters. The highest BCUT2D eigenvalue weighted by Crippen LogP contribution is 2.27. The SMILES string of the molecule is C=N/C=C(\C=NCC#N)c1ccc2c(c1)c(C(N)=O)nn2CC=O.CNC1CCC(CC=O)C1.CNc1cccc(Cl)n1. The lowest BCUT2D eigenvalue weighted by Crippen LogP contribution is -2.21. The molecule has 1 aliphatic carbocycles. The lowest BCUT2D eigenvalue weighted by molar-refractivity contribution is -0.109. The number of anilines is 1. The maximum Gasteiger partial charge on any atom is 0.269 e. The fourth-order valence-corrected chi connectivity index (χ4v) is 4.61. The minimum atomic E-state index is -0.688. The van der Waals surface area contributed by atoms with Crippen molar-refractivity contribution in [1.82, 2.24) is 20.1 Å². The van der Waals surface area contributed by atoms with Gasteiger partial charge in [-0.2, -0.15) is 10.4 Å². The van der Waals surface area contributed by atoms with Crippen molar-refractivity contribution in [3.8, 4) is 6.07 Å². The zero-order valence-electron chi connectivity index (χ0n) is 24.2. The number of primary amides is 1. The number of halogens is 1. The van der Waals surface area contributed by atoms with E-state index in [-0.39, 0.29) is 18.8 Å². The summed E-state index contributed by atoms with van der Waals surface area (Å²) < 4.78 is 1.41. The molecule has 1 amide bonds. The maximum atomic E-state index is 11.6. The van der Waals surface area contributed by atoms with Crippen molar-refractivity contribution in [2.24, 2.45) is 21.6 Å². The summed E-state index contributed by atoms with van der Waals surface area (Å²) >= 11 is 5.57. The third-order valence-corrected chi connectivity index (χ3v) is 6.75. The highest BCUT2D eigenvalue weighted by Gasteiger charge is 2.22. The predicted molar refractivity (Wildman–Crippen MR) is 170 cm³/mol. The van der Waals surface area contributed by atoms with Crippen LogP contribution in [0.4, 0.5) is 5.82 Å². The number of fused-ring (bicyclic) bond motifs is 1. The van der Waals surface area contributed by atoms with Crippen LogP contribution in [0.25, 0.3) is 16.5 Å².